The molecule has 2 aliphatic heterocycles. The van der Waals surface area contributed by atoms with Gasteiger partial charge >= 0.3 is 0 Å². The van der Waals surface area contributed by atoms with Crippen molar-refractivity contribution in [2.75, 3.05) is 26.3 Å². The molecule has 110 valence electrons. The van der Waals surface area contributed by atoms with Crippen molar-refractivity contribution in [1.82, 2.24) is 4.90 Å². The van der Waals surface area contributed by atoms with Gasteiger partial charge in [0, 0.05) is 12.3 Å². The topological polar surface area (TPSA) is 34.8 Å². The third-order valence-corrected chi connectivity index (χ3v) is 4.85. The SMILES string of the molecule is C[C@H]1C[C@@H]1c1ccc(CN2CCCC3(C2)OCCO3)o1. The van der Waals surface area contributed by atoms with E-state index in [1.54, 1.807) is 0 Å². The van der Waals surface area contributed by atoms with Crippen LogP contribution < -0.4 is 0 Å². The van der Waals surface area contributed by atoms with E-state index in [9.17, 15) is 0 Å². The van der Waals surface area contributed by atoms with Gasteiger partial charge in [-0.05, 0) is 37.4 Å². The van der Waals surface area contributed by atoms with Gasteiger partial charge in [-0.3, -0.25) is 4.90 Å². The minimum absolute atomic E-state index is 0.335. The number of likely N-dealkylation sites (tertiary alicyclic amines) is 1. The molecule has 0 aromatic carbocycles. The van der Waals surface area contributed by atoms with E-state index in [2.05, 4.69) is 24.0 Å². The number of ether oxygens (including phenoxy) is 2. The van der Waals surface area contributed by atoms with Gasteiger partial charge in [-0.15, -0.1) is 0 Å². The van der Waals surface area contributed by atoms with Crippen molar-refractivity contribution in [3.8, 4) is 0 Å². The monoisotopic (exact) mass is 277 g/mol. The first-order valence-electron chi connectivity index (χ1n) is 7.83. The van der Waals surface area contributed by atoms with Crippen molar-refractivity contribution < 1.29 is 13.9 Å². The van der Waals surface area contributed by atoms with Gasteiger partial charge in [-0.25, -0.2) is 0 Å². The van der Waals surface area contributed by atoms with Crippen LogP contribution in [0.1, 0.15) is 43.6 Å². The number of rotatable bonds is 3. The second-order valence-electron chi connectivity index (χ2n) is 6.55. The molecule has 3 heterocycles. The molecular weight excluding hydrogens is 254 g/mol. The molecule has 3 aliphatic rings. The van der Waals surface area contributed by atoms with Crippen molar-refractivity contribution in [1.29, 1.82) is 0 Å². The molecule has 0 N–H and O–H groups in total. The molecule has 3 fully saturated rings. The Labute approximate surface area is 120 Å². The molecule has 4 rings (SSSR count). The van der Waals surface area contributed by atoms with Crippen LogP contribution in [-0.4, -0.2) is 37.0 Å². The third kappa shape index (κ3) is 2.41. The minimum Gasteiger partial charge on any atom is -0.464 e. The van der Waals surface area contributed by atoms with Crippen LogP contribution >= 0.6 is 0 Å². The molecule has 1 spiro atoms. The second kappa shape index (κ2) is 4.86. The first-order chi connectivity index (χ1) is 9.74. The lowest BCUT2D eigenvalue weighted by molar-refractivity contribution is -0.190. The van der Waals surface area contributed by atoms with Crippen LogP contribution in [0.2, 0.25) is 0 Å². The summed E-state index contributed by atoms with van der Waals surface area (Å²) < 4.78 is 17.7. The molecule has 20 heavy (non-hydrogen) atoms. The van der Waals surface area contributed by atoms with Gasteiger partial charge < -0.3 is 13.9 Å². The summed E-state index contributed by atoms with van der Waals surface area (Å²) in [6.45, 7) is 6.59. The first kappa shape index (κ1) is 12.9. The Morgan fingerprint density at radius 1 is 1.30 bits per heavy atom. The Bertz CT molecular complexity index is 478. The number of nitrogens with zero attached hydrogens (tertiary/aromatic N) is 1. The van der Waals surface area contributed by atoms with Gasteiger partial charge in [-0.2, -0.15) is 0 Å². The maximum absolute atomic E-state index is 6.01. The van der Waals surface area contributed by atoms with Crippen LogP contribution in [-0.2, 0) is 16.0 Å². The molecule has 4 nitrogen and oxygen atoms in total. The highest BCUT2D eigenvalue weighted by molar-refractivity contribution is 5.17. The average Bonchev–Trinajstić information content (AvgIpc) is 2.85. The van der Waals surface area contributed by atoms with Gasteiger partial charge in [0.2, 0.25) is 0 Å². The highest BCUT2D eigenvalue weighted by atomic mass is 16.7. The Hall–Kier alpha value is -0.840. The van der Waals surface area contributed by atoms with Crippen LogP contribution in [0.4, 0.5) is 0 Å². The molecule has 2 saturated heterocycles. The average molecular weight is 277 g/mol. The normalized spacial score (nSPS) is 32.9. The molecule has 0 radical (unpaired) electrons. The van der Waals surface area contributed by atoms with Gasteiger partial charge in [0.15, 0.2) is 5.79 Å². The standard InChI is InChI=1S/C16H23NO3/c1-12-9-14(12)15-4-3-13(20-15)10-17-6-2-5-16(11-17)18-7-8-19-16/h3-4,12,14H,2,5-11H2,1H3/t12-,14-/m0/s1. The van der Waals surface area contributed by atoms with Gasteiger partial charge in [-0.1, -0.05) is 6.92 Å². The van der Waals surface area contributed by atoms with Crippen molar-refractivity contribution >= 4 is 0 Å². The zero-order chi connectivity index (χ0) is 13.6. The number of hydrogen-bond donors (Lipinski definition) is 0. The quantitative estimate of drug-likeness (QED) is 0.851. The smallest absolute Gasteiger partial charge is 0.181 e. The molecule has 2 atom stereocenters. The maximum Gasteiger partial charge on any atom is 0.181 e. The van der Waals surface area contributed by atoms with Crippen LogP contribution in [0.5, 0.6) is 0 Å². The molecule has 1 saturated carbocycles. The summed E-state index contributed by atoms with van der Waals surface area (Å²) in [6, 6.07) is 4.30. The van der Waals surface area contributed by atoms with Gasteiger partial charge in [0.1, 0.15) is 11.5 Å². The van der Waals surface area contributed by atoms with Crippen molar-refractivity contribution in [3.63, 3.8) is 0 Å². The summed E-state index contributed by atoms with van der Waals surface area (Å²) in [5.41, 5.74) is 0. The maximum atomic E-state index is 6.01. The molecule has 0 amide bonds. The summed E-state index contributed by atoms with van der Waals surface area (Å²) in [5.74, 6) is 3.38. The van der Waals surface area contributed by atoms with E-state index in [1.165, 1.54) is 12.2 Å². The third-order valence-electron chi connectivity index (χ3n) is 4.85. The van der Waals surface area contributed by atoms with Crippen molar-refractivity contribution in [2.45, 2.75) is 44.4 Å². The summed E-state index contributed by atoms with van der Waals surface area (Å²) in [7, 11) is 0. The largest absolute Gasteiger partial charge is 0.464 e. The number of hydrogen-bond acceptors (Lipinski definition) is 4. The fraction of sp³-hybridized carbons (Fsp3) is 0.750. The fourth-order valence-corrected chi connectivity index (χ4v) is 3.56. The molecule has 1 aromatic heterocycles. The van der Waals surface area contributed by atoms with Crippen molar-refractivity contribution in [2.24, 2.45) is 5.92 Å². The fourth-order valence-electron chi connectivity index (χ4n) is 3.56. The summed E-state index contributed by atoms with van der Waals surface area (Å²) in [5, 5.41) is 0. The van der Waals surface area contributed by atoms with Crippen LogP contribution in [0.3, 0.4) is 0 Å². The summed E-state index contributed by atoms with van der Waals surface area (Å²) in [4.78, 5) is 2.40. The predicted molar refractivity (Wildman–Crippen MR) is 74.4 cm³/mol. The lowest BCUT2D eigenvalue weighted by Gasteiger charge is -2.38. The van der Waals surface area contributed by atoms with Crippen LogP contribution in [0.15, 0.2) is 16.5 Å². The molecule has 0 bridgehead atoms. The Kier molecular flexibility index (Phi) is 3.13. The van der Waals surface area contributed by atoms with Crippen molar-refractivity contribution in [3.05, 3.63) is 23.7 Å². The zero-order valence-corrected chi connectivity index (χ0v) is 12.1. The molecule has 1 aromatic rings. The molecule has 0 unspecified atom stereocenters. The Morgan fingerprint density at radius 2 is 2.10 bits per heavy atom. The van der Waals surface area contributed by atoms with Gasteiger partial charge in [0.05, 0.1) is 26.3 Å². The highest BCUT2D eigenvalue weighted by Gasteiger charge is 2.41. The van der Waals surface area contributed by atoms with E-state index in [0.29, 0.717) is 5.92 Å². The van der Waals surface area contributed by atoms with Crippen LogP contribution in [0.25, 0.3) is 0 Å². The number of furan rings is 1. The van der Waals surface area contributed by atoms with Crippen LogP contribution in [0, 0.1) is 5.92 Å². The van der Waals surface area contributed by atoms with E-state index in [4.69, 9.17) is 13.9 Å². The van der Waals surface area contributed by atoms with E-state index in [0.717, 1.165) is 57.4 Å². The lowest BCUT2D eigenvalue weighted by atomic mass is 10.0. The zero-order valence-electron chi connectivity index (χ0n) is 12.1. The van der Waals surface area contributed by atoms with E-state index < -0.39 is 0 Å². The van der Waals surface area contributed by atoms with Gasteiger partial charge in [0.25, 0.3) is 0 Å². The minimum atomic E-state index is -0.335. The molecular formula is C16H23NO3. The van der Waals surface area contributed by atoms with E-state index in [1.807, 2.05) is 0 Å². The van der Waals surface area contributed by atoms with E-state index in [-0.39, 0.29) is 5.79 Å². The molecule has 1 aliphatic carbocycles. The molecule has 4 heteroatoms. The first-order valence-corrected chi connectivity index (χ1v) is 7.83. The van der Waals surface area contributed by atoms with E-state index >= 15 is 0 Å². The summed E-state index contributed by atoms with van der Waals surface area (Å²) in [6.07, 6.45) is 3.43. The highest BCUT2D eigenvalue weighted by Crippen LogP contribution is 2.47. The number of piperidine rings is 1. The Balaban J connectivity index is 1.39. The lowest BCUT2D eigenvalue weighted by Crippen LogP contribution is -2.48. The predicted octanol–water partition coefficient (Wildman–Crippen LogP) is 2.74. The Morgan fingerprint density at radius 3 is 2.85 bits per heavy atom. The summed E-state index contributed by atoms with van der Waals surface area (Å²) >= 11 is 0. The second-order valence-corrected chi connectivity index (χ2v) is 6.55.